The van der Waals surface area contributed by atoms with E-state index >= 15 is 0 Å². The maximum atomic E-state index is 0. The van der Waals surface area contributed by atoms with Crippen molar-refractivity contribution in [2.75, 3.05) is 0 Å². The maximum absolute atomic E-state index is 0. The Bertz CT molecular complexity index is 10.8. The molecule has 24 valence electrons. The molecule has 0 bridgehead atoms. The average molecular weight is 615 g/mol. The van der Waals surface area contributed by atoms with Gasteiger partial charge in [0.25, 0.3) is 0 Å². The molecule has 0 saturated carbocycles. The van der Waals surface area contributed by atoms with E-state index in [1.807, 2.05) is 0 Å². The number of rotatable bonds is 0. The molecule has 0 rings (SSSR count). The largest absolute Gasteiger partial charge is 2.00 e. The molecule has 0 fully saturated rings. The summed E-state index contributed by atoms with van der Waals surface area (Å²) in [4.78, 5) is 0. The van der Waals surface area contributed by atoms with E-state index in [1.54, 1.807) is 0 Å². The van der Waals surface area contributed by atoms with E-state index < -0.39 is 0 Å². The quantitative estimate of drug-likeness (QED) is 0.303. The van der Waals surface area contributed by atoms with Crippen LogP contribution < -0.4 is 0 Å². The molecule has 0 radical (unpaired) electrons. The molecule has 0 N–H and O–H groups in total. The molecule has 0 aromatic heterocycles. The topological polar surface area (TPSA) is 0 Å². The minimum absolute atomic E-state index is 0. The summed E-state index contributed by atoms with van der Waals surface area (Å²) in [7, 11) is 0. The third kappa shape index (κ3) is 24.4. The molecule has 6 heavy (non-hydrogen) atoms. The van der Waals surface area contributed by atoms with E-state index in [0.717, 1.165) is 0 Å². The average Bonchev–Trinajstić information content (AvgIpc) is 0. The van der Waals surface area contributed by atoms with Crippen LogP contribution in [0.3, 0.4) is 0 Å². The summed E-state index contributed by atoms with van der Waals surface area (Å²) >= 11 is 0. The van der Waals surface area contributed by atoms with Gasteiger partial charge >= 0.3 is 74.4 Å². The molecule has 0 aromatic rings. The number of hydrogen-bond donors (Lipinski definition) is 0. The summed E-state index contributed by atoms with van der Waals surface area (Å²) < 4.78 is 0. The van der Waals surface area contributed by atoms with Crippen LogP contribution in [0.15, 0.2) is 0 Å². The molecule has 0 nitrogen and oxygen atoms in total. The summed E-state index contributed by atoms with van der Waals surface area (Å²) in [6, 6.07) is 0. The zero-order chi connectivity index (χ0) is 0. The zero-order valence-corrected chi connectivity index (χ0v) is 21.0. The molecular formula is CdHgSe3Zn. The van der Waals surface area contributed by atoms with Crippen LogP contribution in [-0.4, -0.2) is 51.2 Å². The van der Waals surface area contributed by atoms with E-state index in [1.165, 1.54) is 0 Å². The standard InChI is InChI=1S/Cd.Hg.3Se.Zn/q2*+2;3*-2;+2. The minimum Gasteiger partial charge on any atom is -2.00 e. The fourth-order valence-corrected chi connectivity index (χ4v) is 0. The summed E-state index contributed by atoms with van der Waals surface area (Å²) in [5.74, 6) is 0. The van der Waals surface area contributed by atoms with Crippen LogP contribution in [0.1, 0.15) is 0 Å². The van der Waals surface area contributed by atoms with Gasteiger partial charge in [-0.1, -0.05) is 0 Å². The van der Waals surface area contributed by atoms with Crippen molar-refractivity contribution in [3.05, 3.63) is 0 Å². The zero-order valence-electron chi connectivity index (χ0n) is 3.35. The van der Waals surface area contributed by atoms with E-state index in [9.17, 15) is 0 Å². The van der Waals surface area contributed by atoms with E-state index in [4.69, 9.17) is 0 Å². The van der Waals surface area contributed by atoms with Gasteiger partial charge in [0.05, 0.1) is 0 Å². The first kappa shape index (κ1) is 50.3. The summed E-state index contributed by atoms with van der Waals surface area (Å²) in [5.41, 5.74) is 0. The van der Waals surface area contributed by atoms with Crippen LogP contribution >= 0.6 is 0 Å². The summed E-state index contributed by atoms with van der Waals surface area (Å²) in [6.07, 6.45) is 0. The van der Waals surface area contributed by atoms with Gasteiger partial charge in [-0.15, -0.1) is 0 Å². The SMILES string of the molecule is [Cd+2].[Hg+2].[Se-2].[Se-2].[Se-2].[Zn+2]. The molecule has 0 atom stereocenters. The van der Waals surface area contributed by atoms with Gasteiger partial charge in [-0.25, -0.2) is 0 Å². The fraction of sp³-hybridized carbons (Fsp3) is 0. The fourth-order valence-electron chi connectivity index (χ4n) is 0. The second kappa shape index (κ2) is 35.8. The van der Waals surface area contributed by atoms with Crippen molar-refractivity contribution >= 4 is 51.2 Å². The van der Waals surface area contributed by atoms with Crippen LogP contribution in [0, 0.1) is 0 Å². The molecule has 0 unspecified atom stereocenters. The van der Waals surface area contributed by atoms with Crippen molar-refractivity contribution in [1.29, 1.82) is 0 Å². The van der Waals surface area contributed by atoms with Crippen molar-refractivity contribution in [3.8, 4) is 0 Å². The van der Waals surface area contributed by atoms with E-state index in [-0.39, 0.29) is 126 Å². The first-order chi connectivity index (χ1) is 0. The van der Waals surface area contributed by atoms with E-state index in [2.05, 4.69) is 0 Å². The Kier molecular flexibility index (Phi) is 300. The van der Waals surface area contributed by atoms with Crippen molar-refractivity contribution in [1.82, 2.24) is 0 Å². The Labute approximate surface area is 123 Å². The van der Waals surface area contributed by atoms with Gasteiger partial charge in [0.2, 0.25) is 0 Å². The van der Waals surface area contributed by atoms with Gasteiger partial charge in [0.1, 0.15) is 0 Å². The van der Waals surface area contributed by atoms with Crippen molar-refractivity contribution in [3.63, 3.8) is 0 Å². The third-order valence-electron chi connectivity index (χ3n) is 0. The first-order valence-electron chi connectivity index (χ1n) is 0. The molecule has 0 saturated heterocycles. The van der Waals surface area contributed by atoms with Gasteiger partial charge < -0.3 is 51.2 Å². The van der Waals surface area contributed by atoms with Gasteiger partial charge in [-0.05, 0) is 0 Å². The number of hydrogen-bond acceptors (Lipinski definition) is 0. The molecule has 0 spiro atoms. The van der Waals surface area contributed by atoms with Gasteiger partial charge in [0.15, 0.2) is 0 Å². The normalized spacial score (nSPS) is 0. The molecule has 0 aromatic carbocycles. The third-order valence-corrected chi connectivity index (χ3v) is 0. The predicted molar refractivity (Wildman–Crippen MR) is 17.3 cm³/mol. The van der Waals surface area contributed by atoms with Crippen LogP contribution in [0.2, 0.25) is 0 Å². The van der Waals surface area contributed by atoms with Crippen LogP contribution in [-0.2, 0) is 74.4 Å². The molecular weight excluding hydrogens is 615 g/mol. The Balaban J connectivity index is 0. The van der Waals surface area contributed by atoms with Crippen molar-refractivity contribution in [2.45, 2.75) is 0 Å². The van der Waals surface area contributed by atoms with Crippen molar-refractivity contribution < 1.29 is 74.4 Å². The molecule has 0 aliphatic carbocycles. The van der Waals surface area contributed by atoms with Gasteiger partial charge in [-0.2, -0.15) is 0 Å². The van der Waals surface area contributed by atoms with E-state index in [0.29, 0.717) is 0 Å². The van der Waals surface area contributed by atoms with Crippen LogP contribution in [0.5, 0.6) is 0 Å². The molecule has 0 amide bonds. The molecule has 0 aliphatic heterocycles. The van der Waals surface area contributed by atoms with Gasteiger partial charge in [0, 0.05) is 0 Å². The second-order valence-electron chi connectivity index (χ2n) is 0. The molecule has 6 heteroatoms. The summed E-state index contributed by atoms with van der Waals surface area (Å²) in [6.45, 7) is 0. The Morgan fingerprint density at radius 3 is 0.667 bits per heavy atom. The Morgan fingerprint density at radius 2 is 0.667 bits per heavy atom. The Morgan fingerprint density at radius 1 is 0.667 bits per heavy atom. The van der Waals surface area contributed by atoms with Crippen molar-refractivity contribution in [2.24, 2.45) is 0 Å². The van der Waals surface area contributed by atoms with Crippen LogP contribution in [0.25, 0.3) is 0 Å². The monoisotopic (exact) mass is 620 g/mol. The maximum Gasteiger partial charge on any atom is 2.00 e. The van der Waals surface area contributed by atoms with Crippen LogP contribution in [0.4, 0.5) is 0 Å². The smallest absolute Gasteiger partial charge is 2.00 e. The molecule has 0 aliphatic rings. The molecule has 0 heterocycles. The predicted octanol–water partition coefficient (Wildman–Crippen LogP) is -1.15. The second-order valence-corrected chi connectivity index (χ2v) is 0. The van der Waals surface area contributed by atoms with Gasteiger partial charge in [-0.3, -0.25) is 0 Å². The Hall–Kier alpha value is 4.04. The first-order valence-corrected chi connectivity index (χ1v) is 0. The summed E-state index contributed by atoms with van der Waals surface area (Å²) in [5, 5.41) is 0. The minimum atomic E-state index is 0.